The fourth-order valence-corrected chi connectivity index (χ4v) is 3.34. The summed E-state index contributed by atoms with van der Waals surface area (Å²) in [6, 6.07) is 9.59. The maximum atomic E-state index is 10.8. The van der Waals surface area contributed by atoms with Gasteiger partial charge in [0.1, 0.15) is 13.2 Å². The molecule has 1 saturated heterocycles. The van der Waals surface area contributed by atoms with Crippen molar-refractivity contribution >= 4 is 5.97 Å². The van der Waals surface area contributed by atoms with Crippen LogP contribution in [0.3, 0.4) is 0 Å². The number of aliphatic carboxylic acids is 1. The number of aromatic nitrogens is 2. The molecular formula is C19H25N3O4. The highest BCUT2D eigenvalue weighted by atomic mass is 16.5. The lowest BCUT2D eigenvalue weighted by molar-refractivity contribution is -0.137. The monoisotopic (exact) mass is 359 g/mol. The molecule has 1 atom stereocenters. The molecule has 140 valence electrons. The van der Waals surface area contributed by atoms with E-state index >= 15 is 0 Å². The second-order valence-corrected chi connectivity index (χ2v) is 6.47. The summed E-state index contributed by atoms with van der Waals surface area (Å²) in [7, 11) is 1.64. The molecule has 0 radical (unpaired) electrons. The summed E-state index contributed by atoms with van der Waals surface area (Å²) in [5.74, 6) is 0.965. The van der Waals surface area contributed by atoms with Crippen LogP contribution in [0.1, 0.15) is 24.5 Å². The van der Waals surface area contributed by atoms with Crippen molar-refractivity contribution in [3.8, 4) is 11.5 Å². The second kappa shape index (κ2) is 8.71. The Morgan fingerprint density at radius 2 is 2.12 bits per heavy atom. The van der Waals surface area contributed by atoms with Gasteiger partial charge in [0, 0.05) is 25.2 Å². The van der Waals surface area contributed by atoms with E-state index in [2.05, 4.69) is 10.00 Å². The Morgan fingerprint density at radius 3 is 2.88 bits per heavy atom. The number of carboxylic acid groups (broad SMARTS) is 1. The zero-order valence-electron chi connectivity index (χ0n) is 15.0. The molecule has 26 heavy (non-hydrogen) atoms. The number of nitrogens with zero attached hydrogens (tertiary/aromatic N) is 3. The van der Waals surface area contributed by atoms with E-state index in [-0.39, 0.29) is 6.54 Å². The summed E-state index contributed by atoms with van der Waals surface area (Å²) in [5.41, 5.74) is 0.974. The number of carbonyl (C=O) groups is 1. The highest BCUT2D eigenvalue weighted by Gasteiger charge is 2.23. The molecule has 0 saturated carbocycles. The Bertz CT molecular complexity index is 731. The van der Waals surface area contributed by atoms with Crippen molar-refractivity contribution in [3.05, 3.63) is 42.2 Å². The minimum absolute atomic E-state index is 0.0941. The van der Waals surface area contributed by atoms with Gasteiger partial charge in [-0.3, -0.25) is 14.4 Å². The predicted molar refractivity (Wildman–Crippen MR) is 96.8 cm³/mol. The molecular weight excluding hydrogens is 334 g/mol. The lowest BCUT2D eigenvalue weighted by Crippen LogP contribution is -2.37. The average molecular weight is 359 g/mol. The van der Waals surface area contributed by atoms with Crippen LogP contribution in [0.15, 0.2) is 36.5 Å². The van der Waals surface area contributed by atoms with E-state index in [0.29, 0.717) is 12.5 Å². The van der Waals surface area contributed by atoms with Gasteiger partial charge in [-0.2, -0.15) is 5.10 Å². The molecule has 1 fully saturated rings. The van der Waals surface area contributed by atoms with Crippen LogP contribution in [0.2, 0.25) is 0 Å². The Kier molecular flexibility index (Phi) is 6.12. The van der Waals surface area contributed by atoms with Crippen molar-refractivity contribution in [1.29, 1.82) is 0 Å². The molecule has 0 amide bonds. The molecule has 0 bridgehead atoms. The first kappa shape index (κ1) is 18.3. The SMILES string of the molecule is COc1ccccc1OCCN1CCCC(c2ccn(CC(=O)O)n2)C1. The Hall–Kier alpha value is -2.54. The van der Waals surface area contributed by atoms with Crippen LogP contribution >= 0.6 is 0 Å². The molecule has 2 heterocycles. The van der Waals surface area contributed by atoms with Crippen LogP contribution in [-0.2, 0) is 11.3 Å². The first-order chi connectivity index (χ1) is 12.7. The van der Waals surface area contributed by atoms with E-state index in [0.717, 1.165) is 49.7 Å². The van der Waals surface area contributed by atoms with E-state index in [9.17, 15) is 4.79 Å². The highest BCUT2D eigenvalue weighted by molar-refractivity contribution is 5.66. The Labute approximate surface area is 153 Å². The van der Waals surface area contributed by atoms with Gasteiger partial charge in [0.2, 0.25) is 0 Å². The van der Waals surface area contributed by atoms with Gasteiger partial charge in [0.15, 0.2) is 11.5 Å². The molecule has 2 aromatic rings. The molecule has 1 aromatic carbocycles. The summed E-state index contributed by atoms with van der Waals surface area (Å²) >= 11 is 0. The molecule has 1 aromatic heterocycles. The molecule has 1 aliphatic rings. The normalized spacial score (nSPS) is 17.8. The summed E-state index contributed by atoms with van der Waals surface area (Å²) in [6.07, 6.45) is 3.92. The van der Waals surface area contributed by atoms with Gasteiger partial charge in [-0.25, -0.2) is 0 Å². The first-order valence-electron chi connectivity index (χ1n) is 8.89. The number of likely N-dealkylation sites (tertiary alicyclic amines) is 1. The van der Waals surface area contributed by atoms with E-state index in [1.165, 1.54) is 4.68 Å². The number of carboxylic acids is 1. The summed E-state index contributed by atoms with van der Waals surface area (Å²) in [6.45, 7) is 3.30. The largest absolute Gasteiger partial charge is 0.493 e. The first-order valence-corrected chi connectivity index (χ1v) is 8.89. The third-order valence-electron chi connectivity index (χ3n) is 4.62. The van der Waals surface area contributed by atoms with Crippen molar-refractivity contribution in [1.82, 2.24) is 14.7 Å². The highest BCUT2D eigenvalue weighted by Crippen LogP contribution is 2.27. The van der Waals surface area contributed by atoms with Crippen LogP contribution in [0, 0.1) is 0 Å². The molecule has 3 rings (SSSR count). The number of rotatable bonds is 8. The van der Waals surface area contributed by atoms with Gasteiger partial charge in [-0.15, -0.1) is 0 Å². The fraction of sp³-hybridized carbons (Fsp3) is 0.474. The zero-order chi connectivity index (χ0) is 18.4. The minimum atomic E-state index is -0.876. The average Bonchev–Trinajstić information content (AvgIpc) is 3.10. The van der Waals surface area contributed by atoms with Crippen molar-refractivity contribution in [3.63, 3.8) is 0 Å². The van der Waals surface area contributed by atoms with Crippen molar-refractivity contribution in [2.45, 2.75) is 25.3 Å². The molecule has 0 aliphatic carbocycles. The molecule has 1 unspecified atom stereocenters. The van der Waals surface area contributed by atoms with Crippen LogP contribution in [0.25, 0.3) is 0 Å². The van der Waals surface area contributed by atoms with Crippen LogP contribution in [-0.4, -0.2) is 59.1 Å². The van der Waals surface area contributed by atoms with Gasteiger partial charge in [0.25, 0.3) is 0 Å². The molecule has 1 aliphatic heterocycles. The van der Waals surface area contributed by atoms with Crippen molar-refractivity contribution in [2.24, 2.45) is 0 Å². The topological polar surface area (TPSA) is 76.8 Å². The molecule has 7 nitrogen and oxygen atoms in total. The minimum Gasteiger partial charge on any atom is -0.493 e. The van der Waals surface area contributed by atoms with Gasteiger partial charge in [-0.05, 0) is 37.6 Å². The quantitative estimate of drug-likeness (QED) is 0.779. The summed E-state index contributed by atoms with van der Waals surface area (Å²) in [5, 5.41) is 13.3. The standard InChI is InChI=1S/C19H25N3O4/c1-25-17-6-2-3-7-18(17)26-12-11-21-9-4-5-15(13-21)16-8-10-22(20-16)14-19(23)24/h2-3,6-8,10,15H,4-5,9,11-14H2,1H3,(H,23,24). The van der Waals surface area contributed by atoms with Crippen molar-refractivity contribution < 1.29 is 19.4 Å². The van der Waals surface area contributed by atoms with E-state index in [4.69, 9.17) is 14.6 Å². The molecule has 0 spiro atoms. The van der Waals surface area contributed by atoms with Gasteiger partial charge >= 0.3 is 5.97 Å². The number of hydrogen-bond acceptors (Lipinski definition) is 5. The number of benzene rings is 1. The summed E-state index contributed by atoms with van der Waals surface area (Å²) < 4.78 is 12.7. The van der Waals surface area contributed by atoms with Gasteiger partial charge in [-0.1, -0.05) is 12.1 Å². The van der Waals surface area contributed by atoms with Crippen molar-refractivity contribution in [2.75, 3.05) is 33.4 Å². The van der Waals surface area contributed by atoms with Gasteiger partial charge < -0.3 is 14.6 Å². The Balaban J connectivity index is 1.50. The number of para-hydroxylation sites is 2. The zero-order valence-corrected chi connectivity index (χ0v) is 15.0. The second-order valence-electron chi connectivity index (χ2n) is 6.47. The number of methoxy groups -OCH3 is 1. The third-order valence-corrected chi connectivity index (χ3v) is 4.62. The Morgan fingerprint density at radius 1 is 1.31 bits per heavy atom. The third kappa shape index (κ3) is 4.76. The van der Waals surface area contributed by atoms with Crippen LogP contribution < -0.4 is 9.47 Å². The summed E-state index contributed by atoms with van der Waals surface area (Å²) in [4.78, 5) is 13.2. The van der Waals surface area contributed by atoms with Crippen LogP contribution in [0.5, 0.6) is 11.5 Å². The number of piperidine rings is 1. The molecule has 7 heteroatoms. The number of hydrogen-bond donors (Lipinski definition) is 1. The maximum Gasteiger partial charge on any atom is 0.325 e. The number of ether oxygens (including phenoxy) is 2. The van der Waals surface area contributed by atoms with E-state index in [1.54, 1.807) is 13.3 Å². The molecule has 1 N–H and O–H groups in total. The fourth-order valence-electron chi connectivity index (χ4n) is 3.34. The van der Waals surface area contributed by atoms with E-state index in [1.807, 2.05) is 30.3 Å². The maximum absolute atomic E-state index is 10.8. The lowest BCUT2D eigenvalue weighted by Gasteiger charge is -2.31. The van der Waals surface area contributed by atoms with Gasteiger partial charge in [0.05, 0.1) is 12.8 Å². The smallest absolute Gasteiger partial charge is 0.325 e. The van der Waals surface area contributed by atoms with Crippen LogP contribution in [0.4, 0.5) is 0 Å². The predicted octanol–water partition coefficient (Wildman–Crippen LogP) is 2.23. The van der Waals surface area contributed by atoms with E-state index < -0.39 is 5.97 Å². The lowest BCUT2D eigenvalue weighted by atomic mass is 9.95.